The van der Waals surface area contributed by atoms with Crippen LogP contribution in [0.25, 0.3) is 0 Å². The number of hydrogen-bond acceptors (Lipinski definition) is 2. The van der Waals surface area contributed by atoms with Gasteiger partial charge in [-0.3, -0.25) is 0 Å². The average Bonchev–Trinajstić information content (AvgIpc) is 2.71. The van der Waals surface area contributed by atoms with Gasteiger partial charge in [0.1, 0.15) is 6.17 Å². The predicted octanol–water partition coefficient (Wildman–Crippen LogP) is 5.04. The lowest BCUT2D eigenvalue weighted by atomic mass is 10.1. The zero-order valence-corrected chi connectivity index (χ0v) is 13.4. The van der Waals surface area contributed by atoms with Gasteiger partial charge in [-0.25, -0.2) is 0 Å². The van der Waals surface area contributed by atoms with Crippen LogP contribution in [0.2, 0.25) is 0 Å². The van der Waals surface area contributed by atoms with Gasteiger partial charge in [0.25, 0.3) is 0 Å². The zero-order valence-electron chi connectivity index (χ0n) is 13.4. The van der Waals surface area contributed by atoms with Gasteiger partial charge in [0, 0.05) is 14.1 Å². The normalized spacial score (nSPS) is 14.9. The molecule has 0 aliphatic carbocycles. The summed E-state index contributed by atoms with van der Waals surface area (Å²) in [5.74, 6) is 0. The second kappa shape index (κ2) is 7.56. The highest BCUT2D eigenvalue weighted by atomic mass is 15.4. The monoisotopic (exact) mass is 274 g/mol. The highest BCUT2D eigenvalue weighted by molar-refractivity contribution is 5.76. The van der Waals surface area contributed by atoms with E-state index in [1.54, 1.807) is 0 Å². The van der Waals surface area contributed by atoms with Crippen molar-refractivity contribution in [2.24, 2.45) is 0 Å². The number of benzene rings is 1. The van der Waals surface area contributed by atoms with Crippen molar-refractivity contribution in [3.05, 3.63) is 24.3 Å². The Balaban J connectivity index is 1.72. The smallest absolute Gasteiger partial charge is 0.101 e. The first-order chi connectivity index (χ1) is 9.75. The maximum Gasteiger partial charge on any atom is 0.101 e. The van der Waals surface area contributed by atoms with Crippen LogP contribution in [0.4, 0.5) is 11.4 Å². The SMILES string of the molecule is CCCCCCCCCC1N(C)c2ccccc2N1C. The predicted molar refractivity (Wildman–Crippen MR) is 89.6 cm³/mol. The number of unbranched alkanes of at least 4 members (excludes halogenated alkanes) is 6. The van der Waals surface area contributed by atoms with Crippen molar-refractivity contribution in [2.75, 3.05) is 23.9 Å². The lowest BCUT2D eigenvalue weighted by Crippen LogP contribution is -2.38. The van der Waals surface area contributed by atoms with Gasteiger partial charge in [-0.1, -0.05) is 57.6 Å². The molecule has 0 unspecified atom stereocenters. The third-order valence-electron chi connectivity index (χ3n) is 4.60. The van der Waals surface area contributed by atoms with Crippen molar-refractivity contribution in [3.63, 3.8) is 0 Å². The summed E-state index contributed by atoms with van der Waals surface area (Å²) in [7, 11) is 4.46. The average molecular weight is 274 g/mol. The van der Waals surface area contributed by atoms with Crippen LogP contribution in [0.5, 0.6) is 0 Å². The van der Waals surface area contributed by atoms with E-state index in [1.165, 1.54) is 62.7 Å². The molecule has 1 aliphatic rings. The maximum absolute atomic E-state index is 2.44. The topological polar surface area (TPSA) is 6.48 Å². The molecule has 1 heterocycles. The molecule has 0 N–H and O–H groups in total. The third kappa shape index (κ3) is 3.47. The number of para-hydroxylation sites is 2. The minimum Gasteiger partial charge on any atom is -0.353 e. The molecule has 1 aliphatic heterocycles. The summed E-state index contributed by atoms with van der Waals surface area (Å²) in [5.41, 5.74) is 2.76. The molecule has 2 heteroatoms. The fourth-order valence-electron chi connectivity index (χ4n) is 3.31. The molecule has 1 aromatic rings. The Bertz CT molecular complexity index is 373. The first kappa shape index (κ1) is 15.2. The minimum absolute atomic E-state index is 0.544. The first-order valence-corrected chi connectivity index (χ1v) is 8.30. The van der Waals surface area contributed by atoms with Gasteiger partial charge in [-0.2, -0.15) is 0 Å². The van der Waals surface area contributed by atoms with Crippen LogP contribution in [0.15, 0.2) is 24.3 Å². The van der Waals surface area contributed by atoms with Crippen LogP contribution in [0.3, 0.4) is 0 Å². The number of fused-ring (bicyclic) bond motifs is 1. The molecule has 0 fully saturated rings. The number of anilines is 2. The minimum atomic E-state index is 0.544. The van der Waals surface area contributed by atoms with E-state index in [0.717, 1.165) is 0 Å². The summed E-state index contributed by atoms with van der Waals surface area (Å²) in [6.07, 6.45) is 11.6. The Morgan fingerprint density at radius 1 is 0.800 bits per heavy atom. The summed E-state index contributed by atoms with van der Waals surface area (Å²) in [4.78, 5) is 4.87. The summed E-state index contributed by atoms with van der Waals surface area (Å²) < 4.78 is 0. The van der Waals surface area contributed by atoms with Crippen LogP contribution >= 0.6 is 0 Å². The van der Waals surface area contributed by atoms with E-state index in [4.69, 9.17) is 0 Å². The lowest BCUT2D eigenvalue weighted by Gasteiger charge is -2.28. The van der Waals surface area contributed by atoms with Gasteiger partial charge in [0.2, 0.25) is 0 Å². The van der Waals surface area contributed by atoms with E-state index < -0.39 is 0 Å². The maximum atomic E-state index is 2.44. The molecule has 0 saturated carbocycles. The Morgan fingerprint density at radius 3 is 1.85 bits per heavy atom. The van der Waals surface area contributed by atoms with Crippen LogP contribution < -0.4 is 9.80 Å². The largest absolute Gasteiger partial charge is 0.353 e. The number of rotatable bonds is 8. The molecule has 0 saturated heterocycles. The van der Waals surface area contributed by atoms with Crippen molar-refractivity contribution in [1.29, 1.82) is 0 Å². The molecule has 20 heavy (non-hydrogen) atoms. The molecule has 2 nitrogen and oxygen atoms in total. The van der Waals surface area contributed by atoms with E-state index in [9.17, 15) is 0 Å². The quantitative estimate of drug-likeness (QED) is 0.613. The summed E-state index contributed by atoms with van der Waals surface area (Å²) in [6, 6.07) is 8.74. The molecule has 0 radical (unpaired) electrons. The van der Waals surface area contributed by atoms with E-state index >= 15 is 0 Å². The third-order valence-corrected chi connectivity index (χ3v) is 4.60. The van der Waals surface area contributed by atoms with E-state index in [-0.39, 0.29) is 0 Å². The molecule has 0 aromatic heterocycles. The van der Waals surface area contributed by atoms with Gasteiger partial charge in [-0.15, -0.1) is 0 Å². The van der Waals surface area contributed by atoms with Crippen molar-refractivity contribution in [3.8, 4) is 0 Å². The van der Waals surface area contributed by atoms with E-state index in [0.29, 0.717) is 6.17 Å². The van der Waals surface area contributed by atoms with Gasteiger partial charge in [0.15, 0.2) is 0 Å². The summed E-state index contributed by atoms with van der Waals surface area (Å²) in [6.45, 7) is 2.28. The standard InChI is InChI=1S/C18H30N2/c1-4-5-6-7-8-9-10-15-18-19(2)16-13-11-12-14-17(16)20(18)3/h11-14,18H,4-10,15H2,1-3H3. The zero-order chi connectivity index (χ0) is 14.4. The molecule has 1 aromatic carbocycles. The van der Waals surface area contributed by atoms with E-state index in [1.807, 2.05) is 0 Å². The number of nitrogens with zero attached hydrogens (tertiary/aromatic N) is 2. The first-order valence-electron chi connectivity index (χ1n) is 8.30. The van der Waals surface area contributed by atoms with Gasteiger partial charge < -0.3 is 9.80 Å². The molecular weight excluding hydrogens is 244 g/mol. The van der Waals surface area contributed by atoms with Crippen molar-refractivity contribution < 1.29 is 0 Å². The Hall–Kier alpha value is -1.18. The fraction of sp³-hybridized carbons (Fsp3) is 0.667. The molecule has 0 amide bonds. The van der Waals surface area contributed by atoms with Crippen molar-refractivity contribution >= 4 is 11.4 Å². The second-order valence-corrected chi connectivity index (χ2v) is 6.10. The molecule has 0 spiro atoms. The highest BCUT2D eigenvalue weighted by Gasteiger charge is 2.29. The molecule has 112 valence electrons. The van der Waals surface area contributed by atoms with Crippen LogP contribution in [-0.2, 0) is 0 Å². The van der Waals surface area contributed by atoms with Crippen LogP contribution in [0.1, 0.15) is 58.3 Å². The van der Waals surface area contributed by atoms with Crippen molar-refractivity contribution in [2.45, 2.75) is 64.5 Å². The van der Waals surface area contributed by atoms with Gasteiger partial charge >= 0.3 is 0 Å². The fourth-order valence-corrected chi connectivity index (χ4v) is 3.31. The van der Waals surface area contributed by atoms with Crippen molar-refractivity contribution in [1.82, 2.24) is 0 Å². The number of hydrogen-bond donors (Lipinski definition) is 0. The van der Waals surface area contributed by atoms with Gasteiger partial charge in [-0.05, 0) is 25.0 Å². The van der Waals surface area contributed by atoms with Gasteiger partial charge in [0.05, 0.1) is 11.4 Å². The van der Waals surface area contributed by atoms with Crippen LogP contribution in [0, 0.1) is 0 Å². The molecule has 0 bridgehead atoms. The Morgan fingerprint density at radius 2 is 1.30 bits per heavy atom. The highest BCUT2D eigenvalue weighted by Crippen LogP contribution is 2.38. The molecule has 0 atom stereocenters. The Kier molecular flexibility index (Phi) is 5.75. The summed E-state index contributed by atoms with van der Waals surface area (Å²) in [5, 5.41) is 0. The summed E-state index contributed by atoms with van der Waals surface area (Å²) >= 11 is 0. The van der Waals surface area contributed by atoms with E-state index in [2.05, 4.69) is 55.1 Å². The van der Waals surface area contributed by atoms with Crippen LogP contribution in [-0.4, -0.2) is 20.3 Å². The molecular formula is C18H30N2. The second-order valence-electron chi connectivity index (χ2n) is 6.10. The Labute approximate surface area is 124 Å². The lowest BCUT2D eigenvalue weighted by molar-refractivity contribution is 0.523. The molecule has 2 rings (SSSR count).